The second-order valence-electron chi connectivity index (χ2n) is 8.33. The second-order valence-corrected chi connectivity index (χ2v) is 8.33. The number of amides is 2. The number of aryl methyl sites for hydroxylation is 1. The summed E-state index contributed by atoms with van der Waals surface area (Å²) in [5.74, 6) is 0.910. The SMILES string of the molecule is Cc1ccc(CN(Cc2ccc(F)cc2)C(=O)CN(CC(C)C)C(=O)c2ccccc2)o1. The predicted molar refractivity (Wildman–Crippen MR) is 121 cm³/mol. The highest BCUT2D eigenvalue weighted by Gasteiger charge is 2.24. The standard InChI is InChI=1S/C26H29FN2O3/c1-19(2)15-29(26(31)22-7-5-4-6-8-22)18-25(30)28(17-24-14-9-20(3)32-24)16-21-10-12-23(27)13-11-21/h4-14,19H,15-18H2,1-3H3. The van der Waals surface area contributed by atoms with E-state index >= 15 is 0 Å². The van der Waals surface area contributed by atoms with Gasteiger partial charge in [0.05, 0.1) is 6.54 Å². The van der Waals surface area contributed by atoms with Crippen LogP contribution >= 0.6 is 0 Å². The van der Waals surface area contributed by atoms with Crippen molar-refractivity contribution in [2.75, 3.05) is 13.1 Å². The van der Waals surface area contributed by atoms with Gasteiger partial charge in [0.25, 0.3) is 5.91 Å². The van der Waals surface area contributed by atoms with Gasteiger partial charge in [-0.2, -0.15) is 0 Å². The van der Waals surface area contributed by atoms with Crippen LogP contribution in [0, 0.1) is 18.7 Å². The molecule has 0 aliphatic carbocycles. The predicted octanol–water partition coefficient (Wildman–Crippen LogP) is 5.05. The molecule has 1 aromatic heterocycles. The lowest BCUT2D eigenvalue weighted by Crippen LogP contribution is -2.43. The monoisotopic (exact) mass is 436 g/mol. The largest absolute Gasteiger partial charge is 0.464 e. The fraction of sp³-hybridized carbons (Fsp3) is 0.308. The Labute approximate surface area is 188 Å². The molecule has 0 atom stereocenters. The Morgan fingerprint density at radius 2 is 1.59 bits per heavy atom. The van der Waals surface area contributed by atoms with Crippen molar-refractivity contribution in [2.45, 2.75) is 33.9 Å². The first-order valence-corrected chi connectivity index (χ1v) is 10.7. The zero-order valence-electron chi connectivity index (χ0n) is 18.8. The van der Waals surface area contributed by atoms with Crippen molar-refractivity contribution in [1.82, 2.24) is 9.80 Å². The molecule has 32 heavy (non-hydrogen) atoms. The molecule has 2 amide bonds. The minimum Gasteiger partial charge on any atom is -0.464 e. The molecule has 0 spiro atoms. The number of benzene rings is 2. The third-order valence-corrected chi connectivity index (χ3v) is 5.00. The van der Waals surface area contributed by atoms with Crippen LogP contribution in [0.5, 0.6) is 0 Å². The lowest BCUT2D eigenvalue weighted by Gasteiger charge is -2.28. The molecule has 0 saturated heterocycles. The summed E-state index contributed by atoms with van der Waals surface area (Å²) in [6.45, 7) is 6.83. The lowest BCUT2D eigenvalue weighted by atomic mass is 10.1. The first-order chi connectivity index (χ1) is 15.3. The van der Waals surface area contributed by atoms with E-state index in [-0.39, 0.29) is 43.2 Å². The van der Waals surface area contributed by atoms with Gasteiger partial charge in [0.15, 0.2) is 0 Å². The molecule has 5 nitrogen and oxygen atoms in total. The highest BCUT2D eigenvalue weighted by atomic mass is 19.1. The molecule has 1 heterocycles. The van der Waals surface area contributed by atoms with Crippen LogP contribution in [0.3, 0.4) is 0 Å². The molecule has 2 aromatic carbocycles. The van der Waals surface area contributed by atoms with Gasteiger partial charge in [-0.05, 0) is 54.8 Å². The summed E-state index contributed by atoms with van der Waals surface area (Å²) in [7, 11) is 0. The third kappa shape index (κ3) is 6.54. The molecule has 6 heteroatoms. The molecule has 0 fully saturated rings. The van der Waals surface area contributed by atoms with Crippen LogP contribution in [-0.4, -0.2) is 34.7 Å². The Morgan fingerprint density at radius 3 is 2.19 bits per heavy atom. The number of carbonyl (C=O) groups excluding carboxylic acids is 2. The molecule has 0 saturated carbocycles. The first-order valence-electron chi connectivity index (χ1n) is 10.7. The van der Waals surface area contributed by atoms with E-state index in [4.69, 9.17) is 4.42 Å². The number of hydrogen-bond acceptors (Lipinski definition) is 3. The number of rotatable bonds is 9. The Bertz CT molecular complexity index is 1030. The van der Waals surface area contributed by atoms with E-state index in [0.717, 1.165) is 11.3 Å². The van der Waals surface area contributed by atoms with E-state index in [2.05, 4.69) is 0 Å². The molecule has 0 bridgehead atoms. The summed E-state index contributed by atoms with van der Waals surface area (Å²) in [5, 5.41) is 0. The third-order valence-electron chi connectivity index (χ3n) is 5.00. The molecule has 0 aliphatic heterocycles. The van der Waals surface area contributed by atoms with Gasteiger partial charge in [0.1, 0.15) is 23.9 Å². The van der Waals surface area contributed by atoms with E-state index in [0.29, 0.717) is 17.9 Å². The van der Waals surface area contributed by atoms with Crippen molar-refractivity contribution < 1.29 is 18.4 Å². The van der Waals surface area contributed by atoms with Crippen LogP contribution in [0.2, 0.25) is 0 Å². The minimum atomic E-state index is -0.329. The van der Waals surface area contributed by atoms with E-state index in [9.17, 15) is 14.0 Å². The number of carbonyl (C=O) groups is 2. The molecular formula is C26H29FN2O3. The van der Waals surface area contributed by atoms with E-state index in [1.54, 1.807) is 34.1 Å². The molecule has 168 valence electrons. The van der Waals surface area contributed by atoms with Gasteiger partial charge in [0, 0.05) is 18.7 Å². The van der Waals surface area contributed by atoms with Crippen molar-refractivity contribution in [3.05, 3.63) is 95.2 Å². The summed E-state index contributed by atoms with van der Waals surface area (Å²) >= 11 is 0. The fourth-order valence-electron chi connectivity index (χ4n) is 3.49. The summed E-state index contributed by atoms with van der Waals surface area (Å²) in [6.07, 6.45) is 0. The molecule has 0 aliphatic rings. The van der Waals surface area contributed by atoms with Crippen LogP contribution in [0.1, 0.15) is 41.3 Å². The van der Waals surface area contributed by atoms with Crippen LogP contribution < -0.4 is 0 Å². The van der Waals surface area contributed by atoms with Gasteiger partial charge >= 0.3 is 0 Å². The van der Waals surface area contributed by atoms with E-state index in [1.807, 2.05) is 51.1 Å². The average Bonchev–Trinajstić information content (AvgIpc) is 3.18. The van der Waals surface area contributed by atoms with Gasteiger partial charge in [-0.3, -0.25) is 9.59 Å². The molecule has 3 rings (SSSR count). The Kier molecular flexibility index (Phi) is 7.82. The smallest absolute Gasteiger partial charge is 0.254 e. The zero-order valence-corrected chi connectivity index (χ0v) is 18.8. The van der Waals surface area contributed by atoms with E-state index in [1.165, 1.54) is 12.1 Å². The van der Waals surface area contributed by atoms with Crippen molar-refractivity contribution in [2.24, 2.45) is 5.92 Å². The Morgan fingerprint density at radius 1 is 0.906 bits per heavy atom. The molecular weight excluding hydrogens is 407 g/mol. The Balaban J connectivity index is 1.81. The summed E-state index contributed by atoms with van der Waals surface area (Å²) in [4.78, 5) is 29.7. The second kappa shape index (κ2) is 10.8. The van der Waals surface area contributed by atoms with Gasteiger partial charge in [0.2, 0.25) is 5.91 Å². The molecule has 0 unspecified atom stereocenters. The van der Waals surface area contributed by atoms with Gasteiger partial charge in [-0.15, -0.1) is 0 Å². The van der Waals surface area contributed by atoms with Crippen molar-refractivity contribution in [1.29, 1.82) is 0 Å². The molecule has 0 radical (unpaired) electrons. The maximum absolute atomic E-state index is 13.4. The van der Waals surface area contributed by atoms with Crippen LogP contribution in [0.4, 0.5) is 4.39 Å². The lowest BCUT2D eigenvalue weighted by molar-refractivity contribution is -0.133. The highest BCUT2D eigenvalue weighted by molar-refractivity contribution is 5.96. The normalized spacial score (nSPS) is 10.9. The fourth-order valence-corrected chi connectivity index (χ4v) is 3.49. The maximum atomic E-state index is 13.4. The van der Waals surface area contributed by atoms with Gasteiger partial charge < -0.3 is 14.2 Å². The van der Waals surface area contributed by atoms with Crippen molar-refractivity contribution >= 4 is 11.8 Å². The summed E-state index contributed by atoms with van der Waals surface area (Å²) in [5.41, 5.74) is 1.35. The van der Waals surface area contributed by atoms with Gasteiger partial charge in [-0.1, -0.05) is 44.2 Å². The number of furan rings is 1. The highest BCUT2D eigenvalue weighted by Crippen LogP contribution is 2.15. The molecule has 3 aromatic rings. The quantitative estimate of drug-likeness (QED) is 0.471. The average molecular weight is 437 g/mol. The van der Waals surface area contributed by atoms with Crippen LogP contribution in [0.25, 0.3) is 0 Å². The topological polar surface area (TPSA) is 53.8 Å². The van der Waals surface area contributed by atoms with Gasteiger partial charge in [-0.25, -0.2) is 4.39 Å². The first kappa shape index (κ1) is 23.3. The van der Waals surface area contributed by atoms with Crippen LogP contribution in [0.15, 0.2) is 71.1 Å². The minimum absolute atomic E-state index is 0.0488. The Hall–Kier alpha value is -3.41. The number of halogens is 1. The van der Waals surface area contributed by atoms with Crippen molar-refractivity contribution in [3.63, 3.8) is 0 Å². The van der Waals surface area contributed by atoms with Crippen LogP contribution in [-0.2, 0) is 17.9 Å². The number of hydrogen-bond donors (Lipinski definition) is 0. The number of nitrogens with zero attached hydrogens (tertiary/aromatic N) is 2. The maximum Gasteiger partial charge on any atom is 0.254 e. The van der Waals surface area contributed by atoms with E-state index < -0.39 is 0 Å². The summed E-state index contributed by atoms with van der Waals surface area (Å²) < 4.78 is 19.0. The summed E-state index contributed by atoms with van der Waals surface area (Å²) in [6, 6.07) is 18.7. The zero-order chi connectivity index (χ0) is 23.1. The van der Waals surface area contributed by atoms with Crippen molar-refractivity contribution in [3.8, 4) is 0 Å². The molecule has 0 N–H and O–H groups in total.